The number of halogens is 1. The first-order valence-corrected chi connectivity index (χ1v) is 7.60. The highest BCUT2D eigenvalue weighted by Crippen LogP contribution is 2.22. The second-order valence-electron chi connectivity index (χ2n) is 5.62. The lowest BCUT2D eigenvalue weighted by Gasteiger charge is -2.08. The van der Waals surface area contributed by atoms with Crippen LogP contribution in [0.2, 0.25) is 0 Å². The zero-order chi connectivity index (χ0) is 18.7. The number of amides is 1. The number of nitrogens with zero attached hydrogens (tertiary/aromatic N) is 6. The Kier molecular flexibility index (Phi) is 4.69. The summed E-state index contributed by atoms with van der Waals surface area (Å²) in [5.74, 6) is -0.947. The van der Waals surface area contributed by atoms with Gasteiger partial charge in [-0.2, -0.15) is 9.78 Å². The molecule has 0 aliphatic carbocycles. The first-order chi connectivity index (χ1) is 12.5. The highest BCUT2D eigenvalue weighted by molar-refractivity contribution is 5.94. The zero-order valence-corrected chi connectivity index (χ0v) is 13.9. The number of carbonyl (C=O) groups is 1. The van der Waals surface area contributed by atoms with Gasteiger partial charge in [-0.3, -0.25) is 4.79 Å². The number of hydrogen-bond acceptors (Lipinski definition) is 8. The Hall–Kier alpha value is -3.63. The summed E-state index contributed by atoms with van der Waals surface area (Å²) in [4.78, 5) is 12.4. The van der Waals surface area contributed by atoms with Gasteiger partial charge >= 0.3 is 0 Å². The molecule has 0 bridgehead atoms. The summed E-state index contributed by atoms with van der Waals surface area (Å²) in [6.07, 6.45) is 1.32. The van der Waals surface area contributed by atoms with Crippen molar-refractivity contribution >= 4 is 17.9 Å². The van der Waals surface area contributed by atoms with Crippen LogP contribution in [0.25, 0.3) is 5.82 Å². The van der Waals surface area contributed by atoms with Crippen molar-refractivity contribution in [1.82, 2.24) is 30.7 Å². The third kappa shape index (κ3) is 3.41. The molecule has 0 saturated heterocycles. The number of aromatic nitrogens is 5. The minimum Gasteiger partial charge on any atom is -0.378 e. The molecule has 0 spiro atoms. The van der Waals surface area contributed by atoms with Crippen LogP contribution >= 0.6 is 0 Å². The fourth-order valence-corrected chi connectivity index (χ4v) is 2.27. The van der Waals surface area contributed by atoms with Crippen molar-refractivity contribution in [3.05, 3.63) is 47.0 Å². The summed E-state index contributed by atoms with van der Waals surface area (Å²) in [6.45, 7) is 3.71. The van der Waals surface area contributed by atoms with Crippen LogP contribution in [-0.4, -0.2) is 37.4 Å². The first-order valence-electron chi connectivity index (χ1n) is 7.60. The fourth-order valence-electron chi connectivity index (χ4n) is 2.27. The van der Waals surface area contributed by atoms with Crippen LogP contribution in [0, 0.1) is 5.82 Å². The molecule has 1 amide bonds. The van der Waals surface area contributed by atoms with Gasteiger partial charge in [0.05, 0.1) is 11.9 Å². The minimum atomic E-state index is -0.581. The molecule has 3 N–H and O–H groups in total. The third-order valence-electron chi connectivity index (χ3n) is 3.39. The number of rotatable bonds is 5. The average Bonchev–Trinajstić information content (AvgIpc) is 3.20. The van der Waals surface area contributed by atoms with E-state index < -0.39 is 11.7 Å². The third-order valence-corrected chi connectivity index (χ3v) is 3.39. The molecular weight excluding hydrogens is 343 g/mol. The number of nitrogens with two attached hydrogens (primary N) is 1. The lowest BCUT2D eigenvalue weighted by Crippen LogP contribution is -2.21. The number of benzene rings is 1. The van der Waals surface area contributed by atoms with E-state index in [4.69, 9.17) is 5.73 Å². The number of nitrogens with one attached hydrogen (secondary N) is 1. The van der Waals surface area contributed by atoms with E-state index in [1.165, 1.54) is 29.1 Å². The Morgan fingerprint density at radius 2 is 2.23 bits per heavy atom. The van der Waals surface area contributed by atoms with E-state index in [9.17, 15) is 9.18 Å². The standard InChI is InChI=1S/C15H15FN8O2/c1-8(2)12-11(19-23-24(12)14-13(17)21-26-22-14)15(25)20-18-7-9-4-3-5-10(16)6-9/h3-8H,1-2H3,(H2,17,21)(H,20,25). The molecule has 0 aliphatic rings. The zero-order valence-electron chi connectivity index (χ0n) is 13.9. The van der Waals surface area contributed by atoms with E-state index in [1.807, 2.05) is 13.8 Å². The lowest BCUT2D eigenvalue weighted by atomic mass is 10.1. The summed E-state index contributed by atoms with van der Waals surface area (Å²) in [5, 5.41) is 18.7. The van der Waals surface area contributed by atoms with Crippen molar-refractivity contribution in [3.63, 3.8) is 0 Å². The molecule has 0 aliphatic heterocycles. The molecule has 0 radical (unpaired) electrons. The van der Waals surface area contributed by atoms with E-state index in [0.717, 1.165) is 0 Å². The molecule has 2 heterocycles. The van der Waals surface area contributed by atoms with E-state index in [1.54, 1.807) is 6.07 Å². The molecule has 0 atom stereocenters. The second kappa shape index (κ2) is 7.09. The molecule has 11 heteroatoms. The molecule has 0 unspecified atom stereocenters. The average molecular weight is 358 g/mol. The van der Waals surface area contributed by atoms with Crippen LogP contribution < -0.4 is 11.2 Å². The Labute approximate surface area is 146 Å². The monoisotopic (exact) mass is 358 g/mol. The van der Waals surface area contributed by atoms with Crippen LogP contribution in [0.3, 0.4) is 0 Å². The topological polar surface area (TPSA) is 137 Å². The Morgan fingerprint density at radius 3 is 2.88 bits per heavy atom. The number of carbonyl (C=O) groups excluding carboxylic acids is 1. The largest absolute Gasteiger partial charge is 0.378 e. The van der Waals surface area contributed by atoms with Crippen molar-refractivity contribution in [1.29, 1.82) is 0 Å². The maximum absolute atomic E-state index is 13.1. The smallest absolute Gasteiger partial charge is 0.293 e. The first kappa shape index (κ1) is 17.2. The van der Waals surface area contributed by atoms with Crippen molar-refractivity contribution in [2.75, 3.05) is 5.73 Å². The molecule has 1 aromatic carbocycles. The maximum Gasteiger partial charge on any atom is 0.293 e. The van der Waals surface area contributed by atoms with Crippen LogP contribution in [0.4, 0.5) is 10.2 Å². The number of anilines is 1. The number of hydrazone groups is 1. The van der Waals surface area contributed by atoms with Crippen LogP contribution in [0.1, 0.15) is 41.5 Å². The van der Waals surface area contributed by atoms with Gasteiger partial charge < -0.3 is 5.73 Å². The molecule has 26 heavy (non-hydrogen) atoms. The number of nitrogen functional groups attached to an aromatic ring is 1. The van der Waals surface area contributed by atoms with Gasteiger partial charge in [0.1, 0.15) is 5.82 Å². The van der Waals surface area contributed by atoms with Gasteiger partial charge in [-0.1, -0.05) is 31.2 Å². The molecule has 3 rings (SSSR count). The summed E-state index contributed by atoms with van der Waals surface area (Å²) < 4.78 is 19.0. The minimum absolute atomic E-state index is 0.0212. The normalized spacial score (nSPS) is 11.4. The van der Waals surface area contributed by atoms with Crippen molar-refractivity contribution in [2.24, 2.45) is 5.10 Å². The summed E-state index contributed by atoms with van der Waals surface area (Å²) in [5.41, 5.74) is 9.03. The lowest BCUT2D eigenvalue weighted by molar-refractivity contribution is 0.0948. The van der Waals surface area contributed by atoms with Gasteiger partial charge in [0.25, 0.3) is 5.91 Å². The van der Waals surface area contributed by atoms with Gasteiger partial charge in [0.2, 0.25) is 11.6 Å². The van der Waals surface area contributed by atoms with Crippen LogP contribution in [0.15, 0.2) is 34.0 Å². The fraction of sp³-hybridized carbons (Fsp3) is 0.200. The van der Waals surface area contributed by atoms with Gasteiger partial charge in [0.15, 0.2) is 5.69 Å². The summed E-state index contributed by atoms with van der Waals surface area (Å²) >= 11 is 0. The summed E-state index contributed by atoms with van der Waals surface area (Å²) in [7, 11) is 0. The molecule has 2 aromatic heterocycles. The van der Waals surface area contributed by atoms with Gasteiger partial charge in [-0.05, 0) is 33.9 Å². The van der Waals surface area contributed by atoms with Crippen LogP contribution in [0.5, 0.6) is 0 Å². The van der Waals surface area contributed by atoms with E-state index in [2.05, 4.69) is 35.8 Å². The van der Waals surface area contributed by atoms with Gasteiger partial charge in [-0.15, -0.1) is 5.10 Å². The second-order valence-corrected chi connectivity index (χ2v) is 5.62. The Morgan fingerprint density at radius 1 is 1.42 bits per heavy atom. The van der Waals surface area contributed by atoms with E-state index in [-0.39, 0.29) is 23.2 Å². The molecule has 3 aromatic rings. The molecular formula is C15H15FN8O2. The number of hydrogen-bond donors (Lipinski definition) is 2. The maximum atomic E-state index is 13.1. The van der Waals surface area contributed by atoms with Crippen molar-refractivity contribution in [3.8, 4) is 5.82 Å². The highest BCUT2D eigenvalue weighted by atomic mass is 19.1. The van der Waals surface area contributed by atoms with Crippen LogP contribution in [-0.2, 0) is 0 Å². The predicted octanol–water partition coefficient (Wildman–Crippen LogP) is 1.26. The van der Waals surface area contributed by atoms with Gasteiger partial charge in [-0.25, -0.2) is 14.4 Å². The molecule has 0 fully saturated rings. The quantitative estimate of drug-likeness (QED) is 0.517. The highest BCUT2D eigenvalue weighted by Gasteiger charge is 2.25. The van der Waals surface area contributed by atoms with E-state index in [0.29, 0.717) is 11.3 Å². The Bertz CT molecular complexity index is 962. The summed E-state index contributed by atoms with van der Waals surface area (Å²) in [6, 6.07) is 5.78. The molecule has 134 valence electrons. The Balaban J connectivity index is 1.83. The van der Waals surface area contributed by atoms with Crippen molar-refractivity contribution < 1.29 is 13.8 Å². The molecule has 0 saturated carbocycles. The SMILES string of the molecule is CC(C)c1c(C(=O)NN=Cc2cccc(F)c2)nnn1-c1nonc1N. The van der Waals surface area contributed by atoms with E-state index >= 15 is 0 Å². The van der Waals surface area contributed by atoms with Crippen molar-refractivity contribution in [2.45, 2.75) is 19.8 Å². The molecule has 10 nitrogen and oxygen atoms in total. The predicted molar refractivity (Wildman–Crippen MR) is 89.2 cm³/mol. The van der Waals surface area contributed by atoms with Gasteiger partial charge in [0, 0.05) is 0 Å².